The lowest BCUT2D eigenvalue weighted by molar-refractivity contribution is 0.909. The van der Waals surface area contributed by atoms with Crippen molar-refractivity contribution in [3.63, 3.8) is 0 Å². The Hall–Kier alpha value is -0.790. The number of hydrogen-bond donors (Lipinski definition) is 0. The molecule has 18 heavy (non-hydrogen) atoms. The number of benzene rings is 1. The molecule has 0 radical (unpaired) electrons. The maximum atomic E-state index is 6.60. The smallest absolute Gasteiger partial charge is 0.0721 e. The van der Waals surface area contributed by atoms with Crippen molar-refractivity contribution in [1.29, 1.82) is 0 Å². The van der Waals surface area contributed by atoms with Crippen LogP contribution < -0.4 is 0 Å². The molecule has 1 aromatic carbocycles. The van der Waals surface area contributed by atoms with Gasteiger partial charge < -0.3 is 0 Å². The minimum atomic E-state index is 0.0976. The van der Waals surface area contributed by atoms with E-state index < -0.39 is 0 Å². The van der Waals surface area contributed by atoms with Gasteiger partial charge in [-0.15, -0.1) is 22.9 Å². The summed E-state index contributed by atoms with van der Waals surface area (Å²) in [5.74, 6) is 0. The first kappa shape index (κ1) is 13.6. The van der Waals surface area contributed by atoms with Gasteiger partial charge in [0.15, 0.2) is 0 Å². The lowest BCUT2D eigenvalue weighted by Gasteiger charge is -2.12. The minimum absolute atomic E-state index is 0.0976. The van der Waals surface area contributed by atoms with E-state index >= 15 is 0 Å². The van der Waals surface area contributed by atoms with Crippen LogP contribution in [0.1, 0.15) is 39.4 Å². The molecule has 0 fully saturated rings. The average molecular weight is 279 g/mol. The molecule has 0 aliphatic carbocycles. The fourth-order valence-electron chi connectivity index (χ4n) is 2.22. The summed E-state index contributed by atoms with van der Waals surface area (Å²) in [6.07, 6.45) is 1.98. The van der Waals surface area contributed by atoms with Crippen LogP contribution in [-0.4, -0.2) is 0 Å². The lowest BCUT2D eigenvalue weighted by atomic mass is 9.99. The van der Waals surface area contributed by atoms with Gasteiger partial charge in [-0.1, -0.05) is 30.7 Å². The molecule has 1 aromatic heterocycles. The Morgan fingerprint density at radius 2 is 1.94 bits per heavy atom. The third kappa shape index (κ3) is 2.96. The van der Waals surface area contributed by atoms with Crippen molar-refractivity contribution in [3.05, 3.63) is 56.8 Å². The molecule has 0 N–H and O–H groups in total. The van der Waals surface area contributed by atoms with Gasteiger partial charge in [-0.3, -0.25) is 0 Å². The van der Waals surface area contributed by atoms with Gasteiger partial charge in [-0.05, 0) is 54.8 Å². The van der Waals surface area contributed by atoms with Gasteiger partial charge in [0.1, 0.15) is 0 Å². The van der Waals surface area contributed by atoms with Crippen molar-refractivity contribution in [3.8, 4) is 0 Å². The molecule has 0 bridgehead atoms. The maximum absolute atomic E-state index is 6.60. The molecule has 0 aliphatic heterocycles. The van der Waals surface area contributed by atoms with Gasteiger partial charge >= 0.3 is 0 Å². The average Bonchev–Trinajstić information content (AvgIpc) is 2.82. The van der Waals surface area contributed by atoms with Crippen molar-refractivity contribution in [2.24, 2.45) is 0 Å². The fraction of sp³-hybridized carbons (Fsp3) is 0.375. The van der Waals surface area contributed by atoms with E-state index in [-0.39, 0.29) is 5.38 Å². The summed E-state index contributed by atoms with van der Waals surface area (Å²) in [6, 6.07) is 8.79. The van der Waals surface area contributed by atoms with Crippen molar-refractivity contribution in [1.82, 2.24) is 0 Å². The molecular formula is C16H19ClS. The lowest BCUT2D eigenvalue weighted by Crippen LogP contribution is -1.99. The first-order valence-electron chi connectivity index (χ1n) is 6.38. The Labute approximate surface area is 119 Å². The van der Waals surface area contributed by atoms with E-state index in [1.807, 2.05) is 0 Å². The van der Waals surface area contributed by atoms with Crippen LogP contribution in [0.3, 0.4) is 0 Å². The second-order valence-electron chi connectivity index (χ2n) is 4.77. The van der Waals surface area contributed by atoms with Gasteiger partial charge in [-0.25, -0.2) is 0 Å². The van der Waals surface area contributed by atoms with Crippen molar-refractivity contribution in [2.75, 3.05) is 0 Å². The van der Waals surface area contributed by atoms with E-state index in [0.29, 0.717) is 0 Å². The third-order valence-corrected chi connectivity index (χ3v) is 4.92. The molecule has 96 valence electrons. The standard InChI is InChI=1S/C16H19ClS/c1-4-13-7-8-18-16(13)15(17)10-14-9-11(2)5-6-12(14)3/h5-9,15H,4,10H2,1-3H3. The van der Waals surface area contributed by atoms with Crippen LogP contribution in [0.25, 0.3) is 0 Å². The second kappa shape index (κ2) is 5.90. The van der Waals surface area contributed by atoms with Crippen molar-refractivity contribution >= 4 is 22.9 Å². The Morgan fingerprint density at radius 3 is 2.67 bits per heavy atom. The SMILES string of the molecule is CCc1ccsc1C(Cl)Cc1cc(C)ccc1C. The molecular weight excluding hydrogens is 260 g/mol. The van der Waals surface area contributed by atoms with E-state index in [4.69, 9.17) is 11.6 Å². The highest BCUT2D eigenvalue weighted by Gasteiger charge is 2.15. The topological polar surface area (TPSA) is 0 Å². The van der Waals surface area contributed by atoms with Crippen LogP contribution in [0.5, 0.6) is 0 Å². The molecule has 2 aromatic rings. The number of thiophene rings is 1. The molecule has 1 unspecified atom stereocenters. The highest BCUT2D eigenvalue weighted by atomic mass is 35.5. The fourth-order valence-corrected chi connectivity index (χ4v) is 3.65. The summed E-state index contributed by atoms with van der Waals surface area (Å²) in [7, 11) is 0. The molecule has 1 heterocycles. The summed E-state index contributed by atoms with van der Waals surface area (Å²) >= 11 is 8.38. The van der Waals surface area contributed by atoms with Crippen LogP contribution in [0.15, 0.2) is 29.6 Å². The van der Waals surface area contributed by atoms with Crippen LogP contribution in [0.2, 0.25) is 0 Å². The van der Waals surface area contributed by atoms with Gasteiger partial charge in [0.2, 0.25) is 0 Å². The maximum Gasteiger partial charge on any atom is 0.0721 e. The zero-order valence-corrected chi connectivity index (χ0v) is 12.7. The largest absolute Gasteiger partial charge is 0.147 e. The number of alkyl halides is 1. The predicted octanol–water partition coefficient (Wildman–Crippen LogP) is 5.45. The highest BCUT2D eigenvalue weighted by Crippen LogP contribution is 2.33. The molecule has 0 nitrogen and oxygen atoms in total. The summed E-state index contributed by atoms with van der Waals surface area (Å²) in [5.41, 5.74) is 5.40. The Morgan fingerprint density at radius 1 is 1.17 bits per heavy atom. The zero-order valence-electron chi connectivity index (χ0n) is 11.2. The van der Waals surface area contributed by atoms with Crippen LogP contribution in [0.4, 0.5) is 0 Å². The van der Waals surface area contributed by atoms with Gasteiger partial charge in [0.05, 0.1) is 5.38 Å². The highest BCUT2D eigenvalue weighted by molar-refractivity contribution is 7.10. The van der Waals surface area contributed by atoms with E-state index in [1.165, 1.54) is 27.1 Å². The molecule has 0 saturated heterocycles. The third-order valence-electron chi connectivity index (χ3n) is 3.35. The summed E-state index contributed by atoms with van der Waals surface area (Å²) in [6.45, 7) is 6.48. The zero-order chi connectivity index (χ0) is 13.1. The van der Waals surface area contributed by atoms with Gasteiger partial charge in [-0.2, -0.15) is 0 Å². The van der Waals surface area contributed by atoms with Gasteiger partial charge in [0.25, 0.3) is 0 Å². The predicted molar refractivity (Wildman–Crippen MR) is 81.9 cm³/mol. The second-order valence-corrected chi connectivity index (χ2v) is 6.24. The van der Waals surface area contributed by atoms with E-state index in [9.17, 15) is 0 Å². The summed E-state index contributed by atoms with van der Waals surface area (Å²) < 4.78 is 0. The quantitative estimate of drug-likeness (QED) is 0.653. The molecule has 2 rings (SSSR count). The van der Waals surface area contributed by atoms with Crippen LogP contribution in [0, 0.1) is 13.8 Å². The Bertz CT molecular complexity index is 528. The normalized spacial score (nSPS) is 12.7. The molecule has 0 amide bonds. The number of hydrogen-bond acceptors (Lipinski definition) is 1. The molecule has 2 heteroatoms. The summed E-state index contributed by atoms with van der Waals surface area (Å²) in [4.78, 5) is 1.33. The molecule has 0 aliphatic rings. The van der Waals surface area contributed by atoms with Crippen molar-refractivity contribution in [2.45, 2.75) is 39.0 Å². The van der Waals surface area contributed by atoms with Crippen LogP contribution >= 0.6 is 22.9 Å². The van der Waals surface area contributed by atoms with E-state index in [2.05, 4.69) is 50.4 Å². The summed E-state index contributed by atoms with van der Waals surface area (Å²) in [5, 5.41) is 2.24. The molecule has 0 saturated carbocycles. The Balaban J connectivity index is 2.21. The number of halogens is 1. The molecule has 0 spiro atoms. The van der Waals surface area contributed by atoms with Gasteiger partial charge in [0, 0.05) is 4.88 Å². The van der Waals surface area contributed by atoms with E-state index in [1.54, 1.807) is 11.3 Å². The van der Waals surface area contributed by atoms with E-state index in [0.717, 1.165) is 12.8 Å². The molecule has 1 atom stereocenters. The monoisotopic (exact) mass is 278 g/mol. The van der Waals surface area contributed by atoms with Crippen LogP contribution in [-0.2, 0) is 12.8 Å². The minimum Gasteiger partial charge on any atom is -0.147 e. The number of rotatable bonds is 4. The van der Waals surface area contributed by atoms with Crippen molar-refractivity contribution < 1.29 is 0 Å². The first-order valence-corrected chi connectivity index (χ1v) is 7.70. The Kier molecular flexibility index (Phi) is 4.47. The number of aryl methyl sites for hydroxylation is 3. The first-order chi connectivity index (χ1) is 8.61.